The zero-order valence-electron chi connectivity index (χ0n) is 9.73. The van der Waals surface area contributed by atoms with Gasteiger partial charge in [-0.05, 0) is 24.3 Å². The number of carbonyl (C=O) groups excluding carboxylic acids is 1. The Morgan fingerprint density at radius 2 is 2.06 bits per heavy atom. The first-order valence-corrected chi connectivity index (χ1v) is 5.59. The fraction of sp³-hybridized carbons (Fsp3) is 0.417. The van der Waals surface area contributed by atoms with Crippen molar-refractivity contribution >= 4 is 18.3 Å². The smallest absolute Gasteiger partial charge is 0.251 e. The van der Waals surface area contributed by atoms with Gasteiger partial charge < -0.3 is 15.7 Å². The summed E-state index contributed by atoms with van der Waals surface area (Å²) in [6, 6.07) is 5.38. The number of hydrogen-bond acceptors (Lipinski definition) is 3. The third-order valence-electron chi connectivity index (χ3n) is 2.94. The van der Waals surface area contributed by atoms with Crippen LogP contribution in [0.2, 0.25) is 0 Å². The predicted octanol–water partition coefficient (Wildman–Crippen LogP) is 0.558. The molecule has 1 amide bonds. The molecule has 2 rings (SSSR count). The van der Waals surface area contributed by atoms with Crippen molar-refractivity contribution in [3.63, 3.8) is 0 Å². The van der Waals surface area contributed by atoms with Crippen LogP contribution in [0.15, 0.2) is 24.3 Å². The molecule has 2 atom stereocenters. The molecule has 0 radical (unpaired) electrons. The summed E-state index contributed by atoms with van der Waals surface area (Å²) in [5.41, 5.74) is 0.423. The first kappa shape index (κ1) is 14.9. The van der Waals surface area contributed by atoms with Gasteiger partial charge in [0.15, 0.2) is 0 Å². The van der Waals surface area contributed by atoms with E-state index in [0.29, 0.717) is 25.2 Å². The fourth-order valence-electron chi connectivity index (χ4n) is 1.85. The Labute approximate surface area is 111 Å². The summed E-state index contributed by atoms with van der Waals surface area (Å²) >= 11 is 0. The number of rotatable bonds is 3. The molecule has 1 saturated heterocycles. The molecule has 4 nitrogen and oxygen atoms in total. The number of aliphatic hydroxyl groups excluding tert-OH is 1. The van der Waals surface area contributed by atoms with Crippen molar-refractivity contribution < 1.29 is 14.3 Å². The second-order valence-electron chi connectivity index (χ2n) is 4.20. The fourth-order valence-corrected chi connectivity index (χ4v) is 1.85. The van der Waals surface area contributed by atoms with Crippen LogP contribution in [-0.4, -0.2) is 36.8 Å². The van der Waals surface area contributed by atoms with Gasteiger partial charge in [0, 0.05) is 31.1 Å². The van der Waals surface area contributed by atoms with Gasteiger partial charge in [0.05, 0.1) is 6.10 Å². The molecule has 2 unspecified atom stereocenters. The van der Waals surface area contributed by atoms with Crippen LogP contribution in [0.1, 0.15) is 10.4 Å². The van der Waals surface area contributed by atoms with Crippen LogP contribution in [0.4, 0.5) is 4.39 Å². The minimum Gasteiger partial charge on any atom is -0.391 e. The predicted molar refractivity (Wildman–Crippen MR) is 68.3 cm³/mol. The number of β-amino-alcohol motifs (C(OH)–C–C–N with tert-alkyl or cyclic N) is 1. The Hall–Kier alpha value is -1.17. The van der Waals surface area contributed by atoms with Crippen molar-refractivity contribution in [2.24, 2.45) is 5.92 Å². The first-order chi connectivity index (χ1) is 8.16. The molecule has 1 aliphatic rings. The Kier molecular flexibility index (Phi) is 5.53. The zero-order valence-corrected chi connectivity index (χ0v) is 10.5. The molecular weight excluding hydrogens is 259 g/mol. The number of carbonyl (C=O) groups is 1. The molecule has 0 saturated carbocycles. The van der Waals surface area contributed by atoms with Crippen LogP contribution >= 0.6 is 12.4 Å². The number of nitrogens with one attached hydrogen (secondary N) is 2. The number of amides is 1. The summed E-state index contributed by atoms with van der Waals surface area (Å²) < 4.78 is 12.7. The van der Waals surface area contributed by atoms with Gasteiger partial charge in [-0.15, -0.1) is 12.4 Å². The third-order valence-corrected chi connectivity index (χ3v) is 2.94. The topological polar surface area (TPSA) is 61.4 Å². The summed E-state index contributed by atoms with van der Waals surface area (Å²) in [5.74, 6) is -0.569. The molecule has 0 spiro atoms. The minimum absolute atomic E-state index is 0. The summed E-state index contributed by atoms with van der Waals surface area (Å²) in [6.07, 6.45) is -0.413. The van der Waals surface area contributed by atoms with Crippen molar-refractivity contribution in [3.05, 3.63) is 35.6 Å². The lowest BCUT2D eigenvalue weighted by molar-refractivity contribution is 0.0927. The van der Waals surface area contributed by atoms with Crippen LogP contribution in [-0.2, 0) is 0 Å². The van der Waals surface area contributed by atoms with Crippen molar-refractivity contribution in [2.75, 3.05) is 19.6 Å². The summed E-state index contributed by atoms with van der Waals surface area (Å²) in [7, 11) is 0. The highest BCUT2D eigenvalue weighted by Gasteiger charge is 2.25. The van der Waals surface area contributed by atoms with Gasteiger partial charge in [-0.2, -0.15) is 0 Å². The molecule has 1 heterocycles. The molecule has 1 aromatic carbocycles. The van der Waals surface area contributed by atoms with Crippen molar-refractivity contribution in [3.8, 4) is 0 Å². The molecule has 100 valence electrons. The molecule has 1 aliphatic heterocycles. The first-order valence-electron chi connectivity index (χ1n) is 5.59. The molecule has 0 aliphatic carbocycles. The molecule has 18 heavy (non-hydrogen) atoms. The normalized spacial score (nSPS) is 22.3. The zero-order chi connectivity index (χ0) is 12.3. The van der Waals surface area contributed by atoms with Crippen LogP contribution in [0, 0.1) is 11.7 Å². The van der Waals surface area contributed by atoms with E-state index in [1.165, 1.54) is 24.3 Å². The highest BCUT2D eigenvalue weighted by atomic mass is 35.5. The molecule has 6 heteroatoms. The SMILES string of the molecule is Cl.O=C(NCC1CNCC1O)c1ccc(F)cc1. The number of benzene rings is 1. The maximum Gasteiger partial charge on any atom is 0.251 e. The van der Waals surface area contributed by atoms with Gasteiger partial charge in [0.1, 0.15) is 5.82 Å². The van der Waals surface area contributed by atoms with E-state index in [9.17, 15) is 14.3 Å². The summed E-state index contributed by atoms with van der Waals surface area (Å²) in [6.45, 7) is 1.69. The van der Waals surface area contributed by atoms with Crippen molar-refractivity contribution in [2.45, 2.75) is 6.10 Å². The van der Waals surface area contributed by atoms with Gasteiger partial charge in [0.25, 0.3) is 5.91 Å². The maximum absolute atomic E-state index is 12.7. The lowest BCUT2D eigenvalue weighted by Gasteiger charge is -2.14. The van der Waals surface area contributed by atoms with E-state index in [1.54, 1.807) is 0 Å². The van der Waals surface area contributed by atoms with Crippen LogP contribution < -0.4 is 10.6 Å². The van der Waals surface area contributed by atoms with Crippen LogP contribution in [0.25, 0.3) is 0 Å². The average molecular weight is 275 g/mol. The number of halogens is 2. The lowest BCUT2D eigenvalue weighted by Crippen LogP contribution is -2.34. The molecular formula is C12H16ClFN2O2. The van der Waals surface area contributed by atoms with Crippen molar-refractivity contribution in [1.82, 2.24) is 10.6 Å². The monoisotopic (exact) mass is 274 g/mol. The molecule has 1 fully saturated rings. The third kappa shape index (κ3) is 3.66. The van der Waals surface area contributed by atoms with Gasteiger partial charge in [-0.25, -0.2) is 4.39 Å². The molecule has 0 bridgehead atoms. The second kappa shape index (κ2) is 6.68. The Bertz CT molecular complexity index is 400. The van der Waals surface area contributed by atoms with Crippen LogP contribution in [0.5, 0.6) is 0 Å². The van der Waals surface area contributed by atoms with E-state index in [1.807, 2.05) is 0 Å². The number of hydrogen-bond donors (Lipinski definition) is 3. The summed E-state index contributed by atoms with van der Waals surface area (Å²) in [4.78, 5) is 11.7. The van der Waals surface area contributed by atoms with Gasteiger partial charge in [0.2, 0.25) is 0 Å². The van der Waals surface area contributed by atoms with E-state index < -0.39 is 6.10 Å². The van der Waals surface area contributed by atoms with E-state index in [4.69, 9.17) is 0 Å². The largest absolute Gasteiger partial charge is 0.391 e. The van der Waals surface area contributed by atoms with Crippen LogP contribution in [0.3, 0.4) is 0 Å². The Morgan fingerprint density at radius 1 is 1.39 bits per heavy atom. The Morgan fingerprint density at radius 3 is 2.61 bits per heavy atom. The highest BCUT2D eigenvalue weighted by Crippen LogP contribution is 2.08. The standard InChI is InChI=1S/C12H15FN2O2.ClH/c13-10-3-1-8(2-4-10)12(17)15-6-9-5-14-7-11(9)16;/h1-4,9,11,14,16H,5-7H2,(H,15,17);1H. The molecule has 3 N–H and O–H groups in total. The van der Waals surface area contributed by atoms with Gasteiger partial charge >= 0.3 is 0 Å². The molecule has 0 aromatic heterocycles. The number of aliphatic hydroxyl groups is 1. The Balaban J connectivity index is 0.00000162. The van der Waals surface area contributed by atoms with Crippen molar-refractivity contribution in [1.29, 1.82) is 0 Å². The lowest BCUT2D eigenvalue weighted by atomic mass is 10.1. The van der Waals surface area contributed by atoms with Gasteiger partial charge in [-0.1, -0.05) is 0 Å². The minimum atomic E-state index is -0.413. The molecule has 1 aromatic rings. The van der Waals surface area contributed by atoms with E-state index >= 15 is 0 Å². The highest BCUT2D eigenvalue weighted by molar-refractivity contribution is 5.94. The maximum atomic E-state index is 12.7. The van der Waals surface area contributed by atoms with E-state index in [0.717, 1.165) is 0 Å². The van der Waals surface area contributed by atoms with E-state index in [2.05, 4.69) is 10.6 Å². The summed E-state index contributed by atoms with van der Waals surface area (Å²) in [5, 5.41) is 15.3. The second-order valence-corrected chi connectivity index (χ2v) is 4.20. The van der Waals surface area contributed by atoms with E-state index in [-0.39, 0.29) is 30.0 Å². The van der Waals surface area contributed by atoms with Gasteiger partial charge in [-0.3, -0.25) is 4.79 Å². The quantitative estimate of drug-likeness (QED) is 0.755. The average Bonchev–Trinajstić information content (AvgIpc) is 2.73.